The SMILES string of the molecule is NCCNC(=O)O[C@@H]1C[C@H]2C(=O)N[C@H](CCc3ccccc3)C(=O)N[C@H](Cc3c[nH]c4ccccc34)C(=O)C[C@@H](CC3CCNCC3)C(=O)N[C@@H](Cc3ccc(OCc4ccccc4)cc3)C(=O)N[C@@H](Cc3ccccc3)C(=O)N2C1. The van der Waals surface area contributed by atoms with Gasteiger partial charge in [0.15, 0.2) is 5.78 Å². The Morgan fingerprint density at radius 2 is 1.23 bits per heavy atom. The zero-order valence-corrected chi connectivity index (χ0v) is 45.5. The van der Waals surface area contributed by atoms with Crippen LogP contribution in [0.2, 0.25) is 0 Å². The molecular weight excluding hydrogens is 1030 g/mol. The minimum atomic E-state index is -1.30. The molecule has 1 aromatic heterocycles. The molecular formula is C63H73N9O9. The van der Waals surface area contributed by atoms with E-state index in [0.29, 0.717) is 36.3 Å². The number of ether oxygens (including phenoxy) is 2. The van der Waals surface area contributed by atoms with E-state index in [0.717, 1.165) is 53.5 Å². The van der Waals surface area contributed by atoms with Gasteiger partial charge in [-0.05, 0) is 97.1 Å². The third kappa shape index (κ3) is 15.9. The Labute approximate surface area is 472 Å². The van der Waals surface area contributed by atoms with Gasteiger partial charge >= 0.3 is 6.09 Å². The molecule has 18 nitrogen and oxygen atoms in total. The average molecular weight is 1100 g/mol. The number of ketones is 1. The number of para-hydroxylation sites is 1. The summed E-state index contributed by atoms with van der Waals surface area (Å²) >= 11 is 0. The highest BCUT2D eigenvalue weighted by molar-refractivity contribution is 5.99. The summed E-state index contributed by atoms with van der Waals surface area (Å²) in [5, 5.41) is 18.9. The van der Waals surface area contributed by atoms with Crippen molar-refractivity contribution in [2.45, 2.75) is 107 Å². The molecule has 0 bridgehead atoms. The van der Waals surface area contributed by atoms with Gasteiger partial charge in [0, 0.05) is 68.2 Å². The first kappa shape index (κ1) is 57.3. The standard InChI is InChI=1S/C63H73N9O9/c64-28-31-66-63(79)81-49-37-56-61(77)68-52(25-22-41-12-4-1-5-13-41)59(75)69-53(35-47-38-67-51-19-11-10-18-50(47)51)57(73)36-46(32-44-26-29-65-30-27-44)58(74)70-54(33-43-20-23-48(24-21-43)80-40-45-16-8-3-9-17-45)60(76)71-55(62(78)72(56)39-49)34-42-14-6-2-7-15-42/h1-21,23-24,38,44,46,49,52-56,65,67H,22,25-37,39-40,64H2,(H,66,79)(H,68,77)(H,69,75)(H,70,74)(H,71,76)/t46-,49-,52-,53-,54+,55+,56+/m1/s1. The second kappa shape index (κ2) is 28.2. The van der Waals surface area contributed by atoms with Crippen molar-refractivity contribution in [3.8, 4) is 5.75 Å². The number of benzene rings is 5. The average Bonchev–Trinajstić information content (AvgIpc) is 4.11. The van der Waals surface area contributed by atoms with Crippen LogP contribution in [-0.4, -0.2) is 120 Å². The molecule has 3 aliphatic rings. The van der Waals surface area contributed by atoms with E-state index < -0.39 is 83.6 Å². The number of nitrogens with one attached hydrogen (secondary N) is 7. The molecule has 4 heterocycles. The second-order valence-corrected chi connectivity index (χ2v) is 21.4. The van der Waals surface area contributed by atoms with Gasteiger partial charge in [0.25, 0.3) is 0 Å². The molecule has 6 aromatic rings. The van der Waals surface area contributed by atoms with Crippen molar-refractivity contribution in [1.29, 1.82) is 0 Å². The first-order valence-corrected chi connectivity index (χ1v) is 28.2. The minimum absolute atomic E-state index is 0.0109. The molecule has 0 spiro atoms. The molecule has 0 saturated carbocycles. The second-order valence-electron chi connectivity index (χ2n) is 21.4. The molecule has 9 rings (SSSR count). The lowest BCUT2D eigenvalue weighted by atomic mass is 9.83. The van der Waals surface area contributed by atoms with Gasteiger partial charge in [-0.15, -0.1) is 0 Å². The fourth-order valence-corrected chi connectivity index (χ4v) is 11.2. The van der Waals surface area contributed by atoms with E-state index >= 15 is 28.8 Å². The predicted molar refractivity (Wildman–Crippen MR) is 306 cm³/mol. The van der Waals surface area contributed by atoms with Gasteiger partial charge < -0.3 is 57.0 Å². The fraction of sp³-hybridized carbons (Fsp3) is 0.381. The van der Waals surface area contributed by atoms with Crippen molar-refractivity contribution >= 4 is 52.3 Å². The number of fused-ring (bicyclic) bond motifs is 2. The Kier molecular flexibility index (Phi) is 20.0. The highest BCUT2D eigenvalue weighted by Crippen LogP contribution is 2.28. The monoisotopic (exact) mass is 1100 g/mol. The summed E-state index contributed by atoms with van der Waals surface area (Å²) in [6.45, 7) is 1.85. The number of hydrogen-bond donors (Lipinski definition) is 8. The summed E-state index contributed by atoms with van der Waals surface area (Å²) in [4.78, 5) is 109. The van der Waals surface area contributed by atoms with Gasteiger partial charge in [-0.1, -0.05) is 121 Å². The summed E-state index contributed by atoms with van der Waals surface area (Å²) in [7, 11) is 0. The number of carbonyl (C=O) groups is 7. The zero-order valence-electron chi connectivity index (χ0n) is 45.5. The molecule has 3 saturated heterocycles. The molecule has 6 amide bonds. The Balaban J connectivity index is 1.10. The number of hydrogen-bond acceptors (Lipinski definition) is 11. The molecule has 3 aliphatic heterocycles. The van der Waals surface area contributed by atoms with Crippen molar-refractivity contribution in [2.24, 2.45) is 17.6 Å². The Bertz CT molecular complexity index is 3080. The highest BCUT2D eigenvalue weighted by Gasteiger charge is 2.45. The van der Waals surface area contributed by atoms with Gasteiger partial charge in [0.05, 0.1) is 12.6 Å². The van der Waals surface area contributed by atoms with Crippen molar-refractivity contribution in [2.75, 3.05) is 32.7 Å². The van der Waals surface area contributed by atoms with Crippen LogP contribution >= 0.6 is 0 Å². The number of aromatic amines is 1. The summed E-state index contributed by atoms with van der Waals surface area (Å²) in [5.74, 6) is -3.82. The van der Waals surface area contributed by atoms with Crippen LogP contribution in [0.5, 0.6) is 5.75 Å². The largest absolute Gasteiger partial charge is 0.489 e. The first-order chi connectivity index (χ1) is 39.5. The van der Waals surface area contributed by atoms with Crippen molar-refractivity contribution in [1.82, 2.24) is 41.8 Å². The van der Waals surface area contributed by atoms with E-state index in [1.807, 2.05) is 127 Å². The molecule has 0 unspecified atom stereocenters. The first-order valence-electron chi connectivity index (χ1n) is 28.2. The zero-order chi connectivity index (χ0) is 56.5. The maximum Gasteiger partial charge on any atom is 0.407 e. The quantitative estimate of drug-likeness (QED) is 0.0605. The van der Waals surface area contributed by atoms with Crippen molar-refractivity contribution in [3.05, 3.63) is 174 Å². The van der Waals surface area contributed by atoms with Gasteiger partial charge in [0.2, 0.25) is 29.5 Å². The topological polar surface area (TPSA) is 255 Å². The molecule has 0 radical (unpaired) electrons. The summed E-state index contributed by atoms with van der Waals surface area (Å²) in [5.41, 5.74) is 10.5. The third-order valence-corrected chi connectivity index (χ3v) is 15.6. The van der Waals surface area contributed by atoms with E-state index in [-0.39, 0.29) is 64.1 Å². The van der Waals surface area contributed by atoms with E-state index in [1.165, 1.54) is 4.90 Å². The molecule has 7 atom stereocenters. The third-order valence-electron chi connectivity index (χ3n) is 15.6. The number of piperidine rings is 1. The molecule has 81 heavy (non-hydrogen) atoms. The lowest BCUT2D eigenvalue weighted by molar-refractivity contribution is -0.143. The Morgan fingerprint density at radius 1 is 0.630 bits per heavy atom. The lowest BCUT2D eigenvalue weighted by Crippen LogP contribution is -2.60. The predicted octanol–water partition coefficient (Wildman–Crippen LogP) is 4.98. The maximum atomic E-state index is 15.4. The van der Waals surface area contributed by atoms with E-state index in [2.05, 4.69) is 36.9 Å². The van der Waals surface area contributed by atoms with Crippen LogP contribution in [0, 0.1) is 11.8 Å². The van der Waals surface area contributed by atoms with Crippen LogP contribution in [0.25, 0.3) is 10.9 Å². The van der Waals surface area contributed by atoms with Crippen molar-refractivity contribution in [3.63, 3.8) is 0 Å². The number of amides is 6. The van der Waals surface area contributed by atoms with Gasteiger partial charge in [-0.3, -0.25) is 28.8 Å². The number of rotatable bonds is 17. The van der Waals surface area contributed by atoms with Crippen molar-refractivity contribution < 1.29 is 43.0 Å². The summed E-state index contributed by atoms with van der Waals surface area (Å²) in [6.07, 6.45) is 1.99. The molecule has 5 aromatic carbocycles. The van der Waals surface area contributed by atoms with Gasteiger partial charge in [-0.2, -0.15) is 0 Å². The number of Topliss-reactive ketones (excluding diaryl/α,β-unsaturated/α-hetero) is 1. The lowest BCUT2D eigenvalue weighted by Gasteiger charge is -2.32. The molecule has 424 valence electrons. The van der Waals surface area contributed by atoms with E-state index in [1.54, 1.807) is 18.3 Å². The number of nitrogens with zero attached hydrogens (tertiary/aromatic N) is 1. The number of carbonyl (C=O) groups excluding carboxylic acids is 7. The molecule has 3 fully saturated rings. The van der Waals surface area contributed by atoms with Crippen LogP contribution in [0.1, 0.15) is 66.3 Å². The van der Waals surface area contributed by atoms with Gasteiger partial charge in [-0.25, -0.2) is 4.79 Å². The number of aromatic nitrogens is 1. The van der Waals surface area contributed by atoms with E-state index in [9.17, 15) is 4.79 Å². The Hall–Kier alpha value is -8.35. The fourth-order valence-electron chi connectivity index (χ4n) is 11.2. The smallest absolute Gasteiger partial charge is 0.407 e. The van der Waals surface area contributed by atoms with Crippen LogP contribution < -0.4 is 42.4 Å². The van der Waals surface area contributed by atoms with Crippen LogP contribution in [-0.2, 0) is 65.8 Å². The van der Waals surface area contributed by atoms with Crippen LogP contribution in [0.4, 0.5) is 4.79 Å². The number of aryl methyl sites for hydroxylation is 1. The number of H-pyrrole nitrogens is 1. The molecule has 18 heteroatoms. The van der Waals surface area contributed by atoms with Crippen LogP contribution in [0.3, 0.4) is 0 Å². The van der Waals surface area contributed by atoms with Crippen LogP contribution in [0.15, 0.2) is 146 Å². The Morgan fingerprint density at radius 3 is 1.95 bits per heavy atom. The molecule has 0 aliphatic carbocycles. The van der Waals surface area contributed by atoms with E-state index in [4.69, 9.17) is 15.2 Å². The highest BCUT2D eigenvalue weighted by atomic mass is 16.6. The number of nitrogens with two attached hydrogens (primary N) is 1. The number of alkyl carbamates (subject to hydrolysis) is 1. The normalized spacial score (nSPS) is 22.6. The summed E-state index contributed by atoms with van der Waals surface area (Å²) < 4.78 is 11.9. The maximum absolute atomic E-state index is 15.4. The summed E-state index contributed by atoms with van der Waals surface area (Å²) in [6, 6.07) is 36.9. The molecule has 9 N–H and O–H groups in total. The minimum Gasteiger partial charge on any atom is -0.489 e. The van der Waals surface area contributed by atoms with Gasteiger partial charge in [0.1, 0.15) is 42.6 Å².